The molecule has 1 amide bonds. The summed E-state index contributed by atoms with van der Waals surface area (Å²) >= 11 is 0. The first kappa shape index (κ1) is 25.4. The van der Waals surface area contributed by atoms with E-state index in [-0.39, 0.29) is 12.0 Å². The Labute approximate surface area is 224 Å². The minimum Gasteiger partial charge on any atom is -0.393 e. The van der Waals surface area contributed by atoms with Gasteiger partial charge < -0.3 is 30.5 Å². The van der Waals surface area contributed by atoms with Gasteiger partial charge in [-0.05, 0) is 106 Å². The lowest BCUT2D eigenvalue weighted by Gasteiger charge is -2.31. The van der Waals surface area contributed by atoms with Crippen molar-refractivity contribution in [3.63, 3.8) is 0 Å². The molecule has 0 unspecified atom stereocenters. The summed E-state index contributed by atoms with van der Waals surface area (Å²) in [5.41, 5.74) is 8.61. The van der Waals surface area contributed by atoms with E-state index < -0.39 is 0 Å². The van der Waals surface area contributed by atoms with E-state index in [0.29, 0.717) is 5.56 Å². The second-order valence-electron chi connectivity index (χ2n) is 9.97. The number of piperidine rings is 1. The highest BCUT2D eigenvalue weighted by Crippen LogP contribution is 2.26. The number of rotatable bonds is 7. The van der Waals surface area contributed by atoms with Crippen LogP contribution in [0, 0.1) is 13.8 Å². The third-order valence-corrected chi connectivity index (χ3v) is 7.32. The van der Waals surface area contributed by atoms with Gasteiger partial charge in [0.1, 0.15) is 0 Å². The van der Waals surface area contributed by atoms with Crippen molar-refractivity contribution in [1.82, 2.24) is 4.57 Å². The Morgan fingerprint density at radius 1 is 0.763 bits per heavy atom. The molecule has 38 heavy (non-hydrogen) atoms. The van der Waals surface area contributed by atoms with E-state index in [9.17, 15) is 9.90 Å². The van der Waals surface area contributed by atoms with Crippen LogP contribution in [0.5, 0.6) is 0 Å². The van der Waals surface area contributed by atoms with Crippen molar-refractivity contribution in [2.24, 2.45) is 7.05 Å². The summed E-state index contributed by atoms with van der Waals surface area (Å²) in [5.74, 6) is -0.101. The molecule has 3 aromatic carbocycles. The molecule has 0 saturated carbocycles. The highest BCUT2D eigenvalue weighted by Gasteiger charge is 2.17. The lowest BCUT2D eigenvalue weighted by Crippen LogP contribution is -2.35. The van der Waals surface area contributed by atoms with Crippen LogP contribution in [0.3, 0.4) is 0 Å². The van der Waals surface area contributed by atoms with Crippen molar-refractivity contribution in [1.29, 1.82) is 0 Å². The number of benzene rings is 3. The average Bonchev–Trinajstić information content (AvgIpc) is 3.19. The SMILES string of the molecule is Cc1cc(C(=O)Nc2ccc(Nc3ccc(Nc4ccc(N5CCC(O)CC5)cc4)cc3)cc2)c(C)n1C. The van der Waals surface area contributed by atoms with Gasteiger partial charge in [-0.1, -0.05) is 0 Å². The number of amides is 1. The molecule has 1 aliphatic heterocycles. The van der Waals surface area contributed by atoms with Crippen LogP contribution in [-0.4, -0.2) is 34.8 Å². The van der Waals surface area contributed by atoms with Crippen LogP contribution in [0.25, 0.3) is 0 Å². The number of carbonyl (C=O) groups excluding carboxylic acids is 1. The van der Waals surface area contributed by atoms with E-state index in [1.807, 2.05) is 80.1 Å². The molecule has 5 rings (SSSR count). The molecule has 7 heteroatoms. The second-order valence-corrected chi connectivity index (χ2v) is 9.97. The first-order valence-electron chi connectivity index (χ1n) is 13.1. The molecule has 7 nitrogen and oxygen atoms in total. The highest BCUT2D eigenvalue weighted by atomic mass is 16.3. The molecule has 1 saturated heterocycles. The lowest BCUT2D eigenvalue weighted by molar-refractivity contribution is 0.102. The van der Waals surface area contributed by atoms with Crippen LogP contribution >= 0.6 is 0 Å². The number of aliphatic hydroxyl groups is 1. The number of hydrogen-bond donors (Lipinski definition) is 4. The molecule has 1 aromatic heterocycles. The van der Waals surface area contributed by atoms with E-state index in [4.69, 9.17) is 0 Å². The molecule has 1 fully saturated rings. The predicted octanol–water partition coefficient (Wildman–Crippen LogP) is 6.34. The quantitative estimate of drug-likeness (QED) is 0.234. The normalized spacial score (nSPS) is 13.8. The van der Waals surface area contributed by atoms with Gasteiger partial charge in [-0.2, -0.15) is 0 Å². The molecule has 0 aliphatic carbocycles. The van der Waals surface area contributed by atoms with Gasteiger partial charge in [0.2, 0.25) is 0 Å². The van der Waals surface area contributed by atoms with Gasteiger partial charge in [-0.15, -0.1) is 0 Å². The first-order valence-corrected chi connectivity index (χ1v) is 13.1. The Bertz CT molecular complexity index is 1380. The van der Waals surface area contributed by atoms with Crippen LogP contribution in [0.2, 0.25) is 0 Å². The van der Waals surface area contributed by atoms with Gasteiger partial charge >= 0.3 is 0 Å². The standard InChI is InChI=1S/C31H35N5O2/c1-21-20-30(22(2)35(21)3)31(38)34-27-10-8-25(9-11-27)32-23-4-6-24(7-5-23)33-26-12-14-28(15-13-26)36-18-16-29(37)17-19-36/h4-15,20,29,32-33,37H,16-19H2,1-3H3,(H,34,38). The molecule has 4 N–H and O–H groups in total. The maximum atomic E-state index is 12.7. The van der Waals surface area contributed by atoms with Crippen molar-refractivity contribution in [3.05, 3.63) is 95.8 Å². The van der Waals surface area contributed by atoms with Gasteiger partial charge in [0.15, 0.2) is 0 Å². The zero-order chi connectivity index (χ0) is 26.6. The molecule has 0 bridgehead atoms. The average molecular weight is 510 g/mol. The maximum Gasteiger partial charge on any atom is 0.257 e. The van der Waals surface area contributed by atoms with E-state index in [1.165, 1.54) is 5.69 Å². The Hall–Kier alpha value is -4.23. The molecular weight excluding hydrogens is 474 g/mol. The number of nitrogens with zero attached hydrogens (tertiary/aromatic N) is 2. The fourth-order valence-corrected chi connectivity index (χ4v) is 4.77. The van der Waals surface area contributed by atoms with Crippen LogP contribution in [0.15, 0.2) is 78.9 Å². The number of aliphatic hydroxyl groups excluding tert-OH is 1. The molecule has 1 aliphatic rings. The Kier molecular flexibility index (Phi) is 7.38. The molecular formula is C31H35N5O2. The first-order chi connectivity index (χ1) is 18.4. The Balaban J connectivity index is 1.14. The number of carbonyl (C=O) groups is 1. The summed E-state index contributed by atoms with van der Waals surface area (Å²) < 4.78 is 2.02. The topological polar surface area (TPSA) is 81.6 Å². The Morgan fingerprint density at radius 2 is 1.21 bits per heavy atom. The van der Waals surface area contributed by atoms with E-state index in [2.05, 4.69) is 45.1 Å². The third-order valence-electron chi connectivity index (χ3n) is 7.32. The van der Waals surface area contributed by atoms with Gasteiger partial charge in [0.05, 0.1) is 11.7 Å². The van der Waals surface area contributed by atoms with Gasteiger partial charge in [0.25, 0.3) is 5.91 Å². The third kappa shape index (κ3) is 5.84. The maximum absolute atomic E-state index is 12.7. The second kappa shape index (κ2) is 11.0. The number of hydrogen-bond acceptors (Lipinski definition) is 5. The fraction of sp³-hybridized carbons (Fsp3) is 0.258. The zero-order valence-corrected chi connectivity index (χ0v) is 22.2. The van der Waals surface area contributed by atoms with Crippen molar-refractivity contribution in [3.8, 4) is 0 Å². The van der Waals surface area contributed by atoms with Crippen LogP contribution in [-0.2, 0) is 7.05 Å². The fourth-order valence-electron chi connectivity index (χ4n) is 4.77. The minimum absolute atomic E-state index is 0.101. The summed E-state index contributed by atoms with van der Waals surface area (Å²) in [6.45, 7) is 5.74. The largest absolute Gasteiger partial charge is 0.393 e. The summed E-state index contributed by atoms with van der Waals surface area (Å²) in [6.07, 6.45) is 1.49. The van der Waals surface area contributed by atoms with Gasteiger partial charge in [-0.3, -0.25) is 4.79 Å². The number of aromatic nitrogens is 1. The van der Waals surface area contributed by atoms with Crippen molar-refractivity contribution < 1.29 is 9.90 Å². The van der Waals surface area contributed by atoms with Crippen LogP contribution < -0.4 is 20.9 Å². The monoisotopic (exact) mass is 509 g/mol. The molecule has 2 heterocycles. The summed E-state index contributed by atoms with van der Waals surface area (Å²) in [5, 5.41) is 19.6. The lowest BCUT2D eigenvalue weighted by atomic mass is 10.1. The molecule has 196 valence electrons. The molecule has 0 radical (unpaired) electrons. The summed E-state index contributed by atoms with van der Waals surface area (Å²) in [6, 6.07) is 26.2. The molecule has 4 aromatic rings. The van der Waals surface area contributed by atoms with Crippen molar-refractivity contribution in [2.75, 3.05) is 33.9 Å². The van der Waals surface area contributed by atoms with E-state index in [1.54, 1.807) is 0 Å². The highest BCUT2D eigenvalue weighted by molar-refractivity contribution is 6.05. The summed E-state index contributed by atoms with van der Waals surface area (Å²) in [4.78, 5) is 15.0. The predicted molar refractivity (Wildman–Crippen MR) is 156 cm³/mol. The molecule has 0 spiro atoms. The minimum atomic E-state index is -0.162. The smallest absolute Gasteiger partial charge is 0.257 e. The van der Waals surface area contributed by atoms with Gasteiger partial charge in [-0.25, -0.2) is 0 Å². The summed E-state index contributed by atoms with van der Waals surface area (Å²) in [7, 11) is 1.96. The van der Waals surface area contributed by atoms with Crippen LogP contribution in [0.1, 0.15) is 34.6 Å². The van der Waals surface area contributed by atoms with E-state index in [0.717, 1.165) is 65.8 Å². The van der Waals surface area contributed by atoms with Gasteiger partial charge in [0, 0.05) is 65.6 Å². The molecule has 0 atom stereocenters. The zero-order valence-electron chi connectivity index (χ0n) is 22.2. The van der Waals surface area contributed by atoms with Crippen LogP contribution in [0.4, 0.5) is 34.1 Å². The number of anilines is 6. The van der Waals surface area contributed by atoms with E-state index >= 15 is 0 Å². The van der Waals surface area contributed by atoms with Crippen molar-refractivity contribution in [2.45, 2.75) is 32.8 Å². The van der Waals surface area contributed by atoms with Crippen molar-refractivity contribution >= 4 is 40.0 Å². The number of aryl methyl sites for hydroxylation is 1. The number of nitrogens with one attached hydrogen (secondary N) is 3. The Morgan fingerprint density at radius 3 is 1.66 bits per heavy atom.